The average molecular weight is 240 g/mol. The maximum Gasteiger partial charge on any atom is 0.222 e. The number of amides is 1. The van der Waals surface area contributed by atoms with Crippen molar-refractivity contribution in [2.75, 3.05) is 18.9 Å². The number of aromatic nitrogens is 2. The Morgan fingerprint density at radius 2 is 2.35 bits per heavy atom. The smallest absolute Gasteiger partial charge is 0.222 e. The van der Waals surface area contributed by atoms with Crippen molar-refractivity contribution in [1.82, 2.24) is 15.1 Å². The minimum atomic E-state index is -0.0376. The highest BCUT2D eigenvalue weighted by Crippen LogP contribution is 2.08. The molecule has 1 amide bonds. The van der Waals surface area contributed by atoms with Crippen LogP contribution in [0.4, 0.5) is 5.82 Å². The topological polar surface area (TPSA) is 82.2 Å². The number of nitrogens with zero attached hydrogens (tertiary/aromatic N) is 2. The molecule has 1 aromatic rings. The van der Waals surface area contributed by atoms with Crippen molar-refractivity contribution in [3.05, 3.63) is 11.8 Å². The van der Waals surface area contributed by atoms with Gasteiger partial charge in [-0.25, -0.2) is 0 Å². The summed E-state index contributed by atoms with van der Waals surface area (Å²) in [5, 5.41) is 6.77. The number of aryl methyl sites for hydroxylation is 1. The Kier molecular flexibility index (Phi) is 5.48. The predicted molar refractivity (Wildman–Crippen MR) is 65.2 cm³/mol. The number of nitrogen functional groups attached to an aromatic ring is 1. The molecule has 0 aromatic carbocycles. The minimum absolute atomic E-state index is 0.0376. The molecule has 0 fully saturated rings. The summed E-state index contributed by atoms with van der Waals surface area (Å²) in [6, 6.07) is 0. The zero-order valence-corrected chi connectivity index (χ0v) is 10.4. The number of anilines is 1. The second-order valence-corrected chi connectivity index (χ2v) is 3.82. The van der Waals surface area contributed by atoms with Crippen molar-refractivity contribution in [3.8, 4) is 0 Å². The van der Waals surface area contributed by atoms with Crippen LogP contribution in [0.2, 0.25) is 0 Å². The zero-order chi connectivity index (χ0) is 12.7. The Labute approximate surface area is 101 Å². The highest BCUT2D eigenvalue weighted by molar-refractivity contribution is 5.76. The van der Waals surface area contributed by atoms with E-state index in [1.165, 1.54) is 0 Å². The summed E-state index contributed by atoms with van der Waals surface area (Å²) in [6.07, 6.45) is 3.00. The van der Waals surface area contributed by atoms with Crippen LogP contribution in [-0.4, -0.2) is 28.9 Å². The number of carbonyl (C=O) groups is 1. The molecule has 0 unspecified atom stereocenters. The summed E-state index contributed by atoms with van der Waals surface area (Å²) in [7, 11) is 1.76. The molecular formula is C11H20N4O2. The van der Waals surface area contributed by atoms with Gasteiger partial charge in [-0.2, -0.15) is 5.10 Å². The molecule has 1 rings (SSSR count). The van der Waals surface area contributed by atoms with Crippen LogP contribution in [0.3, 0.4) is 0 Å². The summed E-state index contributed by atoms with van der Waals surface area (Å²) in [4.78, 5) is 11.4. The molecule has 0 aliphatic heterocycles. The largest absolute Gasteiger partial charge is 0.384 e. The number of nitrogens with two attached hydrogens (primary N) is 1. The number of hydrogen-bond donors (Lipinski definition) is 2. The molecule has 0 saturated heterocycles. The first-order chi connectivity index (χ1) is 8.15. The van der Waals surface area contributed by atoms with E-state index in [1.54, 1.807) is 17.9 Å². The molecule has 17 heavy (non-hydrogen) atoms. The SMILES string of the molecule is CCCOCCC(=O)NCc1cnn(C)c1N. The van der Waals surface area contributed by atoms with E-state index in [-0.39, 0.29) is 5.91 Å². The normalized spacial score (nSPS) is 10.5. The van der Waals surface area contributed by atoms with Gasteiger partial charge in [-0.3, -0.25) is 9.48 Å². The summed E-state index contributed by atoms with van der Waals surface area (Å²) in [5.41, 5.74) is 6.58. The Morgan fingerprint density at radius 3 is 2.94 bits per heavy atom. The summed E-state index contributed by atoms with van der Waals surface area (Å²) < 4.78 is 6.81. The van der Waals surface area contributed by atoms with Gasteiger partial charge < -0.3 is 15.8 Å². The summed E-state index contributed by atoms with van der Waals surface area (Å²) in [5.74, 6) is 0.539. The lowest BCUT2D eigenvalue weighted by molar-refractivity contribution is -0.122. The monoisotopic (exact) mass is 240 g/mol. The molecule has 1 aromatic heterocycles. The third-order valence-electron chi connectivity index (χ3n) is 2.36. The van der Waals surface area contributed by atoms with Crippen LogP contribution in [0, 0.1) is 0 Å². The Bertz CT molecular complexity index is 362. The highest BCUT2D eigenvalue weighted by Gasteiger charge is 2.06. The van der Waals surface area contributed by atoms with Crippen LogP contribution in [0.1, 0.15) is 25.3 Å². The quantitative estimate of drug-likeness (QED) is 0.677. The van der Waals surface area contributed by atoms with E-state index in [0.717, 1.165) is 12.0 Å². The lowest BCUT2D eigenvalue weighted by Gasteiger charge is -2.05. The van der Waals surface area contributed by atoms with Crippen molar-refractivity contribution in [2.24, 2.45) is 7.05 Å². The number of rotatable bonds is 7. The first kappa shape index (κ1) is 13.5. The summed E-state index contributed by atoms with van der Waals surface area (Å²) >= 11 is 0. The van der Waals surface area contributed by atoms with Crippen molar-refractivity contribution in [2.45, 2.75) is 26.3 Å². The molecule has 6 nitrogen and oxygen atoms in total. The number of nitrogens with one attached hydrogen (secondary N) is 1. The van der Waals surface area contributed by atoms with E-state index in [9.17, 15) is 4.79 Å². The zero-order valence-electron chi connectivity index (χ0n) is 10.4. The molecule has 96 valence electrons. The molecule has 0 bridgehead atoms. The molecule has 0 aliphatic rings. The van der Waals surface area contributed by atoms with Crippen LogP contribution >= 0.6 is 0 Å². The number of carbonyl (C=O) groups excluding carboxylic acids is 1. The summed E-state index contributed by atoms with van der Waals surface area (Å²) in [6.45, 7) is 3.60. The van der Waals surface area contributed by atoms with Crippen LogP contribution in [0.25, 0.3) is 0 Å². The van der Waals surface area contributed by atoms with E-state index in [0.29, 0.717) is 32.0 Å². The molecule has 0 atom stereocenters. The van der Waals surface area contributed by atoms with Crippen molar-refractivity contribution in [3.63, 3.8) is 0 Å². The number of hydrogen-bond acceptors (Lipinski definition) is 4. The van der Waals surface area contributed by atoms with Gasteiger partial charge >= 0.3 is 0 Å². The van der Waals surface area contributed by atoms with Crippen molar-refractivity contribution in [1.29, 1.82) is 0 Å². The van der Waals surface area contributed by atoms with E-state index < -0.39 is 0 Å². The van der Waals surface area contributed by atoms with E-state index in [1.807, 2.05) is 6.92 Å². The van der Waals surface area contributed by atoms with Gasteiger partial charge in [0.1, 0.15) is 5.82 Å². The Balaban J connectivity index is 2.22. The van der Waals surface area contributed by atoms with Gasteiger partial charge in [0.15, 0.2) is 0 Å². The second-order valence-electron chi connectivity index (χ2n) is 3.82. The third kappa shape index (κ3) is 4.44. The van der Waals surface area contributed by atoms with Gasteiger partial charge in [0, 0.05) is 32.2 Å². The predicted octanol–water partition coefficient (Wildman–Crippen LogP) is 0.435. The van der Waals surface area contributed by atoms with E-state index in [4.69, 9.17) is 10.5 Å². The maximum absolute atomic E-state index is 11.4. The molecular weight excluding hydrogens is 220 g/mol. The highest BCUT2D eigenvalue weighted by atomic mass is 16.5. The molecule has 0 radical (unpaired) electrons. The van der Waals surface area contributed by atoms with Crippen LogP contribution in [0.5, 0.6) is 0 Å². The number of ether oxygens (including phenoxy) is 1. The van der Waals surface area contributed by atoms with Gasteiger partial charge in [-0.15, -0.1) is 0 Å². The first-order valence-corrected chi connectivity index (χ1v) is 5.76. The maximum atomic E-state index is 11.4. The minimum Gasteiger partial charge on any atom is -0.384 e. The van der Waals surface area contributed by atoms with Crippen LogP contribution < -0.4 is 11.1 Å². The van der Waals surface area contributed by atoms with Gasteiger partial charge in [0.25, 0.3) is 0 Å². The third-order valence-corrected chi connectivity index (χ3v) is 2.36. The van der Waals surface area contributed by atoms with Gasteiger partial charge in [-0.05, 0) is 6.42 Å². The Morgan fingerprint density at radius 1 is 1.59 bits per heavy atom. The fourth-order valence-electron chi connectivity index (χ4n) is 1.32. The Hall–Kier alpha value is -1.56. The molecule has 6 heteroatoms. The van der Waals surface area contributed by atoms with Gasteiger partial charge in [0.05, 0.1) is 12.8 Å². The van der Waals surface area contributed by atoms with Crippen molar-refractivity contribution < 1.29 is 9.53 Å². The molecule has 1 heterocycles. The molecule has 0 aliphatic carbocycles. The lowest BCUT2D eigenvalue weighted by atomic mass is 10.3. The average Bonchev–Trinajstić information content (AvgIpc) is 2.63. The molecule has 3 N–H and O–H groups in total. The lowest BCUT2D eigenvalue weighted by Crippen LogP contribution is -2.24. The van der Waals surface area contributed by atoms with E-state index in [2.05, 4.69) is 10.4 Å². The van der Waals surface area contributed by atoms with Gasteiger partial charge in [0.2, 0.25) is 5.91 Å². The standard InChI is InChI=1S/C11H20N4O2/c1-3-5-17-6-4-10(16)13-7-9-8-14-15(2)11(9)12/h8H,3-7,12H2,1-2H3,(H,13,16). The fraction of sp³-hybridized carbons (Fsp3) is 0.636. The van der Waals surface area contributed by atoms with Crippen LogP contribution in [0.15, 0.2) is 6.20 Å². The molecule has 0 spiro atoms. The van der Waals surface area contributed by atoms with Crippen LogP contribution in [-0.2, 0) is 23.1 Å². The second kappa shape index (κ2) is 6.90. The van der Waals surface area contributed by atoms with Gasteiger partial charge in [-0.1, -0.05) is 6.92 Å². The van der Waals surface area contributed by atoms with Crippen molar-refractivity contribution >= 4 is 11.7 Å². The van der Waals surface area contributed by atoms with E-state index >= 15 is 0 Å². The fourth-order valence-corrected chi connectivity index (χ4v) is 1.32. The first-order valence-electron chi connectivity index (χ1n) is 5.76. The molecule has 0 saturated carbocycles.